The van der Waals surface area contributed by atoms with Crippen LogP contribution < -0.4 is 0 Å². The molecule has 0 radical (unpaired) electrons. The molecule has 4 heterocycles. The van der Waals surface area contributed by atoms with Gasteiger partial charge in [0.15, 0.2) is 0 Å². The minimum absolute atomic E-state index is 0.00969. The Hall–Kier alpha value is -0.690. The molecule has 0 amide bonds. The van der Waals surface area contributed by atoms with E-state index < -0.39 is 0 Å². The molecule has 2 saturated carbocycles. The van der Waals surface area contributed by atoms with Crippen molar-refractivity contribution in [3.8, 4) is 0 Å². The van der Waals surface area contributed by atoms with Crippen LogP contribution in [0.2, 0.25) is 0 Å². The summed E-state index contributed by atoms with van der Waals surface area (Å²) < 4.78 is 28.5. The van der Waals surface area contributed by atoms with Gasteiger partial charge in [0, 0.05) is 5.92 Å². The minimum atomic E-state index is -0.00969. The number of ether oxygens (including phenoxy) is 5. The highest BCUT2D eigenvalue weighted by Gasteiger charge is 2.58. The molecular weight excluding hydrogens is 360 g/mol. The lowest BCUT2D eigenvalue weighted by Crippen LogP contribution is -2.32. The molecule has 10 atom stereocenters. The third kappa shape index (κ3) is 3.98. The summed E-state index contributed by atoms with van der Waals surface area (Å²) in [6.45, 7) is 1.51. The van der Waals surface area contributed by atoms with Crippen LogP contribution in [-0.4, -0.2) is 61.9 Å². The molecule has 28 heavy (non-hydrogen) atoms. The van der Waals surface area contributed by atoms with Gasteiger partial charge in [0.25, 0.3) is 0 Å². The zero-order valence-electron chi connectivity index (χ0n) is 16.5. The van der Waals surface area contributed by atoms with E-state index in [4.69, 9.17) is 23.7 Å². The van der Waals surface area contributed by atoms with Crippen molar-refractivity contribution in [1.29, 1.82) is 0 Å². The first-order chi connectivity index (χ1) is 13.7. The number of unbranched alkanes of at least 4 members (excludes halogenated alkanes) is 1. The quantitative estimate of drug-likeness (QED) is 0.341. The molecule has 2 aliphatic carbocycles. The lowest BCUT2D eigenvalue weighted by molar-refractivity contribution is -0.151. The van der Waals surface area contributed by atoms with Crippen molar-refractivity contribution >= 4 is 5.97 Å². The van der Waals surface area contributed by atoms with E-state index in [9.17, 15) is 4.79 Å². The maximum Gasteiger partial charge on any atom is 0.309 e. The van der Waals surface area contributed by atoms with Crippen molar-refractivity contribution in [3.05, 3.63) is 0 Å². The van der Waals surface area contributed by atoms with Crippen molar-refractivity contribution in [3.63, 3.8) is 0 Å². The largest absolute Gasteiger partial charge is 0.465 e. The SMILES string of the molecule is O=C(OCC1CC2OC2C(C2OC2CCCCC2CO2)C1)C1CCC2OC2C1. The summed E-state index contributed by atoms with van der Waals surface area (Å²) in [6.07, 6.45) is 12.6. The molecule has 0 aromatic carbocycles. The lowest BCUT2D eigenvalue weighted by atomic mass is 9.79. The van der Waals surface area contributed by atoms with E-state index in [2.05, 4.69) is 0 Å². The number of carbonyl (C=O) groups excluding carboxylic acids is 1. The van der Waals surface area contributed by atoms with Crippen LogP contribution >= 0.6 is 0 Å². The van der Waals surface area contributed by atoms with Gasteiger partial charge in [-0.05, 0) is 50.9 Å². The van der Waals surface area contributed by atoms with Crippen molar-refractivity contribution in [2.24, 2.45) is 17.8 Å². The van der Waals surface area contributed by atoms with E-state index >= 15 is 0 Å². The molecule has 0 bridgehead atoms. The zero-order valence-corrected chi connectivity index (χ0v) is 16.5. The molecule has 4 saturated heterocycles. The topological polar surface area (TPSA) is 76.4 Å². The fourth-order valence-electron chi connectivity index (χ4n) is 5.78. The van der Waals surface area contributed by atoms with E-state index in [1.807, 2.05) is 0 Å². The number of fused-ring (bicyclic) bond motifs is 2. The molecule has 0 spiro atoms. The van der Waals surface area contributed by atoms with Crippen LogP contribution in [0, 0.1) is 17.8 Å². The molecule has 0 aromatic rings. The molecule has 156 valence electrons. The number of hydrogen-bond acceptors (Lipinski definition) is 6. The highest BCUT2D eigenvalue weighted by Crippen LogP contribution is 2.50. The number of carbonyl (C=O) groups is 1. The number of rotatable bonds is 9. The molecule has 0 aromatic heterocycles. The number of epoxide rings is 4. The van der Waals surface area contributed by atoms with Gasteiger partial charge in [-0.3, -0.25) is 4.79 Å². The highest BCUT2D eigenvalue weighted by molar-refractivity contribution is 5.72. The third-order valence-electron chi connectivity index (χ3n) is 7.72. The smallest absolute Gasteiger partial charge is 0.309 e. The predicted molar refractivity (Wildman–Crippen MR) is 98.7 cm³/mol. The molecular formula is C22H32O6. The lowest BCUT2D eigenvalue weighted by Gasteiger charge is -2.26. The average Bonchev–Trinajstić information content (AvgIpc) is 3.53. The van der Waals surface area contributed by atoms with Crippen molar-refractivity contribution in [1.82, 2.24) is 0 Å². The summed E-state index contributed by atoms with van der Waals surface area (Å²) in [6, 6.07) is 0. The van der Waals surface area contributed by atoms with Gasteiger partial charge in [-0.15, -0.1) is 0 Å². The maximum atomic E-state index is 12.4. The second-order valence-electron chi connectivity index (χ2n) is 9.87. The van der Waals surface area contributed by atoms with E-state index in [0.717, 1.165) is 45.1 Å². The van der Waals surface area contributed by atoms with Gasteiger partial charge in [0.05, 0.1) is 61.9 Å². The van der Waals surface area contributed by atoms with E-state index in [1.165, 1.54) is 19.3 Å². The van der Waals surface area contributed by atoms with E-state index in [-0.39, 0.29) is 11.9 Å². The summed E-state index contributed by atoms with van der Waals surface area (Å²) in [5, 5.41) is 0. The summed E-state index contributed by atoms with van der Waals surface area (Å²) in [5.41, 5.74) is 0. The first-order valence-electron chi connectivity index (χ1n) is 11.5. The maximum absolute atomic E-state index is 12.4. The Labute approximate surface area is 166 Å². The molecule has 6 heteroatoms. The summed E-state index contributed by atoms with van der Waals surface area (Å²) in [5.74, 6) is 0.951. The van der Waals surface area contributed by atoms with Gasteiger partial charge >= 0.3 is 5.97 Å². The third-order valence-corrected chi connectivity index (χ3v) is 7.72. The fraction of sp³-hybridized carbons (Fsp3) is 0.955. The predicted octanol–water partition coefficient (Wildman–Crippen LogP) is 2.62. The molecule has 6 fully saturated rings. The Bertz CT molecular complexity index is 606. The zero-order chi connectivity index (χ0) is 18.7. The molecule has 6 nitrogen and oxygen atoms in total. The standard InChI is InChI=1S/C22H32O6/c23-22(13-5-6-16-18(9-13)26-16)25-10-12-7-15(21-19(8-12)28-21)20-17(27-20)4-2-1-3-14-11-24-14/h12-21H,1-11H2. The van der Waals surface area contributed by atoms with Gasteiger partial charge in [-0.25, -0.2) is 0 Å². The van der Waals surface area contributed by atoms with Crippen molar-refractivity contribution < 1.29 is 28.5 Å². The van der Waals surface area contributed by atoms with Crippen LogP contribution in [0.25, 0.3) is 0 Å². The normalized spacial score (nSPS) is 50.3. The van der Waals surface area contributed by atoms with Crippen LogP contribution in [-0.2, 0) is 28.5 Å². The first kappa shape index (κ1) is 18.1. The number of esters is 1. The Morgan fingerprint density at radius 1 is 0.893 bits per heavy atom. The molecule has 10 unspecified atom stereocenters. The monoisotopic (exact) mass is 392 g/mol. The average molecular weight is 392 g/mol. The van der Waals surface area contributed by atoms with Crippen LogP contribution in [0.15, 0.2) is 0 Å². The van der Waals surface area contributed by atoms with Gasteiger partial charge in [0.1, 0.15) is 0 Å². The minimum Gasteiger partial charge on any atom is -0.465 e. The van der Waals surface area contributed by atoms with Gasteiger partial charge in [-0.2, -0.15) is 0 Å². The number of hydrogen-bond donors (Lipinski definition) is 0. The van der Waals surface area contributed by atoms with Gasteiger partial charge in [0.2, 0.25) is 0 Å². The Morgan fingerprint density at radius 3 is 2.64 bits per heavy atom. The van der Waals surface area contributed by atoms with Crippen LogP contribution in [0.5, 0.6) is 0 Å². The molecule has 6 rings (SSSR count). The van der Waals surface area contributed by atoms with Crippen LogP contribution in [0.1, 0.15) is 57.8 Å². The fourth-order valence-corrected chi connectivity index (χ4v) is 5.78. The van der Waals surface area contributed by atoms with Crippen molar-refractivity contribution in [2.45, 2.75) is 101 Å². The first-order valence-corrected chi connectivity index (χ1v) is 11.5. The Balaban J connectivity index is 0.933. The second-order valence-corrected chi connectivity index (χ2v) is 9.87. The van der Waals surface area contributed by atoms with Gasteiger partial charge in [-0.1, -0.05) is 12.8 Å². The van der Waals surface area contributed by atoms with E-state index in [1.54, 1.807) is 0 Å². The summed E-state index contributed by atoms with van der Waals surface area (Å²) >= 11 is 0. The summed E-state index contributed by atoms with van der Waals surface area (Å²) in [7, 11) is 0. The van der Waals surface area contributed by atoms with Crippen LogP contribution in [0.3, 0.4) is 0 Å². The van der Waals surface area contributed by atoms with Crippen LogP contribution in [0.4, 0.5) is 0 Å². The molecule has 4 aliphatic heterocycles. The molecule has 0 N–H and O–H groups in total. The highest BCUT2D eigenvalue weighted by atomic mass is 16.6. The van der Waals surface area contributed by atoms with E-state index in [0.29, 0.717) is 61.2 Å². The van der Waals surface area contributed by atoms with Crippen molar-refractivity contribution in [2.75, 3.05) is 13.2 Å². The summed E-state index contributed by atoms with van der Waals surface area (Å²) in [4.78, 5) is 12.4. The Morgan fingerprint density at radius 2 is 1.79 bits per heavy atom. The molecule has 6 aliphatic rings. The second kappa shape index (κ2) is 7.22. The Kier molecular flexibility index (Phi) is 4.67. The van der Waals surface area contributed by atoms with Gasteiger partial charge < -0.3 is 23.7 Å².